The standard InChI is InChI=1S/C30H36N2O6/c1-4-18-37-24-10-8-23(9-11-24)28(33)26-27(22-6-12-25(13-7-22)38-21(2)3)32(30(35)29(26)34)15-5-14-31-16-19-36-20-17-31/h4,6-13,21,27,33H,1,5,14-20H2,2-3H3/b28-26+. The predicted molar refractivity (Wildman–Crippen MR) is 142 cm³/mol. The highest BCUT2D eigenvalue weighted by Crippen LogP contribution is 2.39. The molecule has 8 nitrogen and oxygen atoms in total. The van der Waals surface area contributed by atoms with Gasteiger partial charge in [-0.05, 0) is 49.2 Å². The second-order valence-corrected chi connectivity index (χ2v) is 9.80. The summed E-state index contributed by atoms with van der Waals surface area (Å²) in [4.78, 5) is 29.5. The van der Waals surface area contributed by atoms with E-state index >= 15 is 0 Å². The van der Waals surface area contributed by atoms with Crippen LogP contribution in [0.1, 0.15) is 37.4 Å². The lowest BCUT2D eigenvalue weighted by Gasteiger charge is -2.29. The zero-order chi connectivity index (χ0) is 27.1. The Kier molecular flexibility index (Phi) is 9.20. The van der Waals surface area contributed by atoms with E-state index in [1.54, 1.807) is 35.2 Å². The molecule has 0 aliphatic carbocycles. The number of carbonyl (C=O) groups excluding carboxylic acids is 2. The maximum atomic E-state index is 13.7. The van der Waals surface area contributed by atoms with E-state index in [-0.39, 0.29) is 11.7 Å². The SMILES string of the molecule is C=CCOc1ccc(/C([O-])=C2\C(=O)C(=O)N(CCC[NH+]3CCOCC3)C2c2ccc(OC(C)C)cc2)cc1. The zero-order valence-corrected chi connectivity index (χ0v) is 22.1. The van der Waals surface area contributed by atoms with Crippen LogP contribution in [-0.4, -0.2) is 68.7 Å². The fourth-order valence-electron chi connectivity index (χ4n) is 4.87. The van der Waals surface area contributed by atoms with Crippen molar-refractivity contribution < 1.29 is 33.8 Å². The molecule has 2 heterocycles. The van der Waals surface area contributed by atoms with Crippen LogP contribution in [0.15, 0.2) is 66.8 Å². The van der Waals surface area contributed by atoms with Crippen LogP contribution >= 0.6 is 0 Å². The fourth-order valence-corrected chi connectivity index (χ4v) is 4.87. The third kappa shape index (κ3) is 6.44. The average Bonchev–Trinajstić information content (AvgIpc) is 3.17. The number of hydrogen-bond acceptors (Lipinski definition) is 6. The first-order chi connectivity index (χ1) is 18.4. The molecule has 38 heavy (non-hydrogen) atoms. The Bertz CT molecular complexity index is 1150. The van der Waals surface area contributed by atoms with Gasteiger partial charge >= 0.3 is 0 Å². The van der Waals surface area contributed by atoms with E-state index in [4.69, 9.17) is 14.2 Å². The van der Waals surface area contributed by atoms with Gasteiger partial charge in [0, 0.05) is 18.5 Å². The summed E-state index contributed by atoms with van der Waals surface area (Å²) in [5, 5.41) is 13.7. The Balaban J connectivity index is 1.64. The maximum Gasteiger partial charge on any atom is 0.295 e. The zero-order valence-electron chi connectivity index (χ0n) is 22.1. The molecule has 2 aliphatic heterocycles. The number of likely N-dealkylation sites (tertiary alicyclic amines) is 1. The van der Waals surface area contributed by atoms with E-state index in [9.17, 15) is 14.7 Å². The van der Waals surface area contributed by atoms with E-state index in [1.165, 1.54) is 4.90 Å². The summed E-state index contributed by atoms with van der Waals surface area (Å²) in [5.74, 6) is -0.556. The Labute approximate surface area is 224 Å². The van der Waals surface area contributed by atoms with Gasteiger partial charge < -0.3 is 29.1 Å². The normalized spacial score (nSPS) is 19.7. The largest absolute Gasteiger partial charge is 0.872 e. The van der Waals surface area contributed by atoms with Crippen LogP contribution in [-0.2, 0) is 14.3 Å². The Morgan fingerprint density at radius 2 is 1.76 bits per heavy atom. The molecule has 2 fully saturated rings. The summed E-state index contributed by atoms with van der Waals surface area (Å²) in [6, 6.07) is 13.1. The van der Waals surface area contributed by atoms with Crippen molar-refractivity contribution in [2.75, 3.05) is 46.0 Å². The topological polar surface area (TPSA) is 92.6 Å². The van der Waals surface area contributed by atoms with Crippen molar-refractivity contribution in [2.45, 2.75) is 32.4 Å². The van der Waals surface area contributed by atoms with Crippen LogP contribution in [0.5, 0.6) is 11.5 Å². The molecule has 202 valence electrons. The number of nitrogens with one attached hydrogen (secondary N) is 1. The maximum absolute atomic E-state index is 13.7. The minimum absolute atomic E-state index is 0.0109. The lowest BCUT2D eigenvalue weighted by molar-refractivity contribution is -0.908. The Morgan fingerprint density at radius 3 is 2.39 bits per heavy atom. The Hall–Kier alpha value is -3.62. The highest BCUT2D eigenvalue weighted by Gasteiger charge is 2.44. The molecular weight excluding hydrogens is 484 g/mol. The number of nitrogens with zero attached hydrogens (tertiary/aromatic N) is 1. The summed E-state index contributed by atoms with van der Waals surface area (Å²) >= 11 is 0. The van der Waals surface area contributed by atoms with Crippen LogP contribution < -0.4 is 19.5 Å². The molecule has 2 aromatic rings. The van der Waals surface area contributed by atoms with Crippen LogP contribution in [0.2, 0.25) is 0 Å². The quantitative estimate of drug-likeness (QED) is 0.209. The molecule has 0 radical (unpaired) electrons. The smallest absolute Gasteiger partial charge is 0.295 e. The molecular formula is C30H36N2O6. The van der Waals surface area contributed by atoms with Crippen molar-refractivity contribution in [3.05, 3.63) is 77.9 Å². The van der Waals surface area contributed by atoms with Gasteiger partial charge in [0.1, 0.15) is 31.2 Å². The van der Waals surface area contributed by atoms with Crippen molar-refractivity contribution in [3.8, 4) is 11.5 Å². The van der Waals surface area contributed by atoms with Crippen molar-refractivity contribution in [1.82, 2.24) is 4.90 Å². The van der Waals surface area contributed by atoms with E-state index in [0.29, 0.717) is 35.8 Å². The highest BCUT2D eigenvalue weighted by molar-refractivity contribution is 6.46. The van der Waals surface area contributed by atoms with Gasteiger partial charge in [-0.2, -0.15) is 0 Å². The van der Waals surface area contributed by atoms with Crippen LogP contribution in [0.3, 0.4) is 0 Å². The number of amides is 1. The average molecular weight is 521 g/mol. The summed E-state index contributed by atoms with van der Waals surface area (Å²) in [6.07, 6.45) is 2.36. The van der Waals surface area contributed by atoms with Gasteiger partial charge in [-0.15, -0.1) is 0 Å². The number of morpholine rings is 1. The first-order valence-corrected chi connectivity index (χ1v) is 13.2. The number of hydrogen-bond donors (Lipinski definition) is 1. The third-order valence-electron chi connectivity index (χ3n) is 6.71. The molecule has 8 heteroatoms. The molecule has 2 saturated heterocycles. The summed E-state index contributed by atoms with van der Waals surface area (Å²) in [6.45, 7) is 12.4. The van der Waals surface area contributed by atoms with Crippen molar-refractivity contribution in [2.24, 2.45) is 0 Å². The van der Waals surface area contributed by atoms with Gasteiger partial charge in [0.25, 0.3) is 5.91 Å². The van der Waals surface area contributed by atoms with Crippen LogP contribution in [0.4, 0.5) is 0 Å². The fraction of sp³-hybridized carbons (Fsp3) is 0.400. The monoisotopic (exact) mass is 520 g/mol. The van der Waals surface area contributed by atoms with Crippen molar-refractivity contribution in [1.29, 1.82) is 0 Å². The van der Waals surface area contributed by atoms with Crippen molar-refractivity contribution in [3.63, 3.8) is 0 Å². The molecule has 1 amide bonds. The first kappa shape index (κ1) is 27.4. The van der Waals surface area contributed by atoms with E-state index in [0.717, 1.165) is 39.3 Å². The van der Waals surface area contributed by atoms with E-state index in [2.05, 4.69) is 6.58 Å². The van der Waals surface area contributed by atoms with Gasteiger partial charge in [0.05, 0.1) is 31.9 Å². The molecule has 0 saturated carbocycles. The minimum Gasteiger partial charge on any atom is -0.872 e. The summed E-state index contributed by atoms with van der Waals surface area (Å²) in [5.41, 5.74) is 1.01. The highest BCUT2D eigenvalue weighted by atomic mass is 16.5. The molecule has 1 unspecified atom stereocenters. The lowest BCUT2D eigenvalue weighted by Crippen LogP contribution is -3.14. The third-order valence-corrected chi connectivity index (χ3v) is 6.71. The molecule has 0 spiro atoms. The van der Waals surface area contributed by atoms with Gasteiger partial charge in [-0.3, -0.25) is 9.59 Å². The summed E-state index contributed by atoms with van der Waals surface area (Å²) in [7, 11) is 0. The van der Waals surface area contributed by atoms with Crippen molar-refractivity contribution >= 4 is 17.4 Å². The first-order valence-electron chi connectivity index (χ1n) is 13.2. The van der Waals surface area contributed by atoms with E-state index in [1.807, 2.05) is 38.1 Å². The number of quaternary nitrogens is 1. The number of rotatable bonds is 11. The minimum atomic E-state index is -0.757. The molecule has 0 aromatic heterocycles. The number of ketones is 1. The molecule has 2 aromatic carbocycles. The molecule has 1 N–H and O–H groups in total. The van der Waals surface area contributed by atoms with Crippen LogP contribution in [0.25, 0.3) is 5.76 Å². The van der Waals surface area contributed by atoms with Gasteiger partial charge in [-0.1, -0.05) is 42.7 Å². The number of carbonyl (C=O) groups is 2. The Morgan fingerprint density at radius 1 is 1.11 bits per heavy atom. The second-order valence-electron chi connectivity index (χ2n) is 9.80. The molecule has 2 aliphatic rings. The molecule has 1 atom stereocenters. The molecule has 4 rings (SSSR count). The number of Topliss-reactive ketones (excluding diaryl/α,β-unsaturated/α-hetero) is 1. The van der Waals surface area contributed by atoms with Crippen LogP contribution in [0, 0.1) is 0 Å². The molecule has 0 bridgehead atoms. The predicted octanol–water partition coefficient (Wildman–Crippen LogP) is 1.57. The van der Waals surface area contributed by atoms with E-state index < -0.39 is 23.5 Å². The lowest BCUT2D eigenvalue weighted by atomic mass is 9.95. The number of ether oxygens (including phenoxy) is 3. The summed E-state index contributed by atoms with van der Waals surface area (Å²) < 4.78 is 16.7. The van der Waals surface area contributed by atoms with Gasteiger partial charge in [0.2, 0.25) is 5.78 Å². The van der Waals surface area contributed by atoms with Gasteiger partial charge in [-0.25, -0.2) is 0 Å². The van der Waals surface area contributed by atoms with Gasteiger partial charge in [0.15, 0.2) is 0 Å². The second kappa shape index (κ2) is 12.8. The number of benzene rings is 2.